The van der Waals surface area contributed by atoms with E-state index in [4.69, 9.17) is 4.74 Å². The molecule has 0 saturated heterocycles. The summed E-state index contributed by atoms with van der Waals surface area (Å²) >= 11 is 0. The Morgan fingerprint density at radius 2 is 1.94 bits per heavy atom. The molecule has 0 spiro atoms. The van der Waals surface area contributed by atoms with E-state index in [1.807, 2.05) is 0 Å². The summed E-state index contributed by atoms with van der Waals surface area (Å²) < 4.78 is 30.0. The van der Waals surface area contributed by atoms with E-state index in [0.29, 0.717) is 19.6 Å². The lowest BCUT2D eigenvalue weighted by Gasteiger charge is -2.16. The van der Waals surface area contributed by atoms with Crippen LogP contribution in [0.15, 0.2) is 0 Å². The van der Waals surface area contributed by atoms with Gasteiger partial charge >= 0.3 is 0 Å². The fraction of sp³-hybridized carbons (Fsp3) is 1.00. The average molecular weight is 266 g/mol. The predicted molar refractivity (Wildman–Crippen MR) is 70.7 cm³/mol. The van der Waals surface area contributed by atoms with E-state index in [0.717, 1.165) is 25.9 Å². The highest BCUT2D eigenvalue weighted by Crippen LogP contribution is 2.01. The first-order valence-electron chi connectivity index (χ1n) is 6.18. The molecule has 0 radical (unpaired) electrons. The van der Waals surface area contributed by atoms with E-state index in [-0.39, 0.29) is 5.75 Å². The number of hydrogen-bond donors (Lipinski definition) is 1. The molecule has 1 N–H and O–H groups in total. The normalized spacial score (nSPS) is 12.2. The molecule has 0 aliphatic heterocycles. The van der Waals surface area contributed by atoms with Gasteiger partial charge in [0.05, 0.1) is 5.75 Å². The maximum Gasteiger partial charge on any atom is 0.213 e. The number of ether oxygens (including phenoxy) is 1. The van der Waals surface area contributed by atoms with Crippen LogP contribution in [0, 0.1) is 0 Å². The third-order valence-electron chi connectivity index (χ3n) is 2.48. The summed E-state index contributed by atoms with van der Waals surface area (Å²) in [5, 5.41) is 3.20. The van der Waals surface area contributed by atoms with Crippen molar-refractivity contribution in [1.82, 2.24) is 9.62 Å². The van der Waals surface area contributed by atoms with Crippen LogP contribution >= 0.6 is 0 Å². The van der Waals surface area contributed by atoms with Crippen molar-refractivity contribution in [2.75, 3.05) is 46.2 Å². The number of nitrogens with zero attached hydrogens (tertiary/aromatic N) is 1. The van der Waals surface area contributed by atoms with Crippen molar-refractivity contribution in [2.24, 2.45) is 0 Å². The largest absolute Gasteiger partial charge is 0.385 e. The topological polar surface area (TPSA) is 58.6 Å². The minimum atomic E-state index is -3.09. The highest BCUT2D eigenvalue weighted by molar-refractivity contribution is 7.89. The van der Waals surface area contributed by atoms with Crippen LogP contribution in [-0.2, 0) is 14.8 Å². The van der Waals surface area contributed by atoms with Gasteiger partial charge < -0.3 is 10.1 Å². The average Bonchev–Trinajstić information content (AvgIpc) is 2.29. The van der Waals surface area contributed by atoms with Gasteiger partial charge in [0, 0.05) is 27.3 Å². The second kappa shape index (κ2) is 9.82. The number of hydrogen-bond acceptors (Lipinski definition) is 4. The van der Waals surface area contributed by atoms with Crippen molar-refractivity contribution in [3.63, 3.8) is 0 Å². The Morgan fingerprint density at radius 3 is 2.53 bits per heavy atom. The van der Waals surface area contributed by atoms with Gasteiger partial charge in [0.15, 0.2) is 0 Å². The molecule has 0 atom stereocenters. The van der Waals surface area contributed by atoms with Crippen molar-refractivity contribution >= 4 is 10.0 Å². The van der Waals surface area contributed by atoms with E-state index < -0.39 is 10.0 Å². The summed E-state index contributed by atoms with van der Waals surface area (Å²) in [6, 6.07) is 0. The molecule has 5 nitrogen and oxygen atoms in total. The second-order valence-electron chi connectivity index (χ2n) is 4.09. The molecular weight excluding hydrogens is 240 g/mol. The van der Waals surface area contributed by atoms with E-state index in [1.165, 1.54) is 4.31 Å². The van der Waals surface area contributed by atoms with Gasteiger partial charge in [-0.25, -0.2) is 12.7 Å². The van der Waals surface area contributed by atoms with Crippen LogP contribution in [0.1, 0.15) is 26.2 Å². The number of rotatable bonds is 11. The summed E-state index contributed by atoms with van der Waals surface area (Å²) in [5.74, 6) is 0.215. The minimum Gasteiger partial charge on any atom is -0.385 e. The number of sulfonamides is 1. The highest BCUT2D eigenvalue weighted by atomic mass is 32.2. The minimum absolute atomic E-state index is 0.215. The Hall–Kier alpha value is -0.170. The lowest BCUT2D eigenvalue weighted by molar-refractivity contribution is 0.189. The van der Waals surface area contributed by atoms with Gasteiger partial charge in [-0.15, -0.1) is 0 Å². The lowest BCUT2D eigenvalue weighted by atomic mass is 10.4. The molecule has 17 heavy (non-hydrogen) atoms. The van der Waals surface area contributed by atoms with E-state index >= 15 is 0 Å². The molecule has 0 aromatic heterocycles. The third kappa shape index (κ3) is 8.54. The smallest absolute Gasteiger partial charge is 0.213 e. The molecule has 0 heterocycles. The molecular formula is C11H26N2O3S. The highest BCUT2D eigenvalue weighted by Gasteiger charge is 2.16. The van der Waals surface area contributed by atoms with Crippen LogP contribution < -0.4 is 5.32 Å². The van der Waals surface area contributed by atoms with Gasteiger partial charge in [-0.2, -0.15) is 0 Å². The third-order valence-corrected chi connectivity index (χ3v) is 4.42. The Balaban J connectivity index is 3.77. The van der Waals surface area contributed by atoms with Crippen molar-refractivity contribution in [3.8, 4) is 0 Å². The Bertz CT molecular complexity index is 268. The van der Waals surface area contributed by atoms with Crippen molar-refractivity contribution in [2.45, 2.75) is 26.2 Å². The Labute approximate surface area is 106 Å². The van der Waals surface area contributed by atoms with Crippen molar-refractivity contribution < 1.29 is 13.2 Å². The van der Waals surface area contributed by atoms with Crippen LogP contribution in [0.25, 0.3) is 0 Å². The van der Waals surface area contributed by atoms with E-state index in [2.05, 4.69) is 12.2 Å². The Morgan fingerprint density at radius 1 is 1.24 bits per heavy atom. The summed E-state index contributed by atoms with van der Waals surface area (Å²) in [6.07, 6.45) is 2.47. The maximum absolute atomic E-state index is 11.8. The van der Waals surface area contributed by atoms with Crippen LogP contribution in [0.2, 0.25) is 0 Å². The van der Waals surface area contributed by atoms with E-state index in [9.17, 15) is 8.42 Å². The van der Waals surface area contributed by atoms with Crippen LogP contribution in [0.5, 0.6) is 0 Å². The van der Waals surface area contributed by atoms with Crippen molar-refractivity contribution in [1.29, 1.82) is 0 Å². The molecule has 0 aromatic carbocycles. The summed E-state index contributed by atoms with van der Waals surface area (Å²) in [4.78, 5) is 0. The van der Waals surface area contributed by atoms with Crippen LogP contribution in [-0.4, -0.2) is 58.9 Å². The zero-order valence-electron chi connectivity index (χ0n) is 11.2. The molecule has 0 bridgehead atoms. The lowest BCUT2D eigenvalue weighted by Crippen LogP contribution is -2.32. The van der Waals surface area contributed by atoms with E-state index in [1.54, 1.807) is 14.2 Å². The molecule has 0 saturated carbocycles. The van der Waals surface area contributed by atoms with Crippen LogP contribution in [0.3, 0.4) is 0 Å². The first-order valence-corrected chi connectivity index (χ1v) is 7.79. The molecule has 104 valence electrons. The summed E-state index contributed by atoms with van der Waals surface area (Å²) in [6.45, 7) is 4.92. The molecule has 0 aliphatic rings. The van der Waals surface area contributed by atoms with Gasteiger partial charge in [0.1, 0.15) is 0 Å². The van der Waals surface area contributed by atoms with Gasteiger partial charge in [-0.05, 0) is 32.4 Å². The monoisotopic (exact) mass is 266 g/mol. The molecule has 0 fully saturated rings. The maximum atomic E-state index is 11.8. The fourth-order valence-corrected chi connectivity index (χ4v) is 2.64. The predicted octanol–water partition coefficient (Wildman–Crippen LogP) is 0.674. The zero-order chi connectivity index (χ0) is 13.1. The second-order valence-corrected chi connectivity index (χ2v) is 6.28. The van der Waals surface area contributed by atoms with Gasteiger partial charge in [0.2, 0.25) is 10.0 Å². The number of nitrogens with one attached hydrogen (secondary N) is 1. The zero-order valence-corrected chi connectivity index (χ0v) is 12.1. The van der Waals surface area contributed by atoms with Gasteiger partial charge in [-0.1, -0.05) is 6.92 Å². The fourth-order valence-electron chi connectivity index (χ4n) is 1.41. The number of methoxy groups -OCH3 is 1. The molecule has 0 rings (SSSR count). The molecule has 0 aromatic rings. The standard InChI is InChI=1S/C11H26N2O3S/c1-4-7-12-8-5-11-17(14,15)13(2)9-6-10-16-3/h12H,4-11H2,1-3H3. The Kier molecular flexibility index (Phi) is 9.72. The quantitative estimate of drug-likeness (QED) is 0.559. The first-order chi connectivity index (χ1) is 8.04. The summed E-state index contributed by atoms with van der Waals surface area (Å²) in [5.41, 5.74) is 0. The van der Waals surface area contributed by atoms with Crippen LogP contribution in [0.4, 0.5) is 0 Å². The molecule has 0 aliphatic carbocycles. The molecule has 0 unspecified atom stereocenters. The summed E-state index contributed by atoms with van der Waals surface area (Å²) in [7, 11) is 0.158. The van der Waals surface area contributed by atoms with Gasteiger partial charge in [0.25, 0.3) is 0 Å². The first kappa shape index (κ1) is 16.8. The molecule has 6 heteroatoms. The van der Waals surface area contributed by atoms with Gasteiger partial charge in [-0.3, -0.25) is 0 Å². The SMILES string of the molecule is CCCNCCCS(=O)(=O)N(C)CCCOC. The molecule has 0 amide bonds. The van der Waals surface area contributed by atoms with Crippen molar-refractivity contribution in [3.05, 3.63) is 0 Å².